The largest absolute Gasteiger partial charge is 0.282 e. The molecule has 19 heavy (non-hydrogen) atoms. The van der Waals surface area contributed by atoms with E-state index in [4.69, 9.17) is 0 Å². The van der Waals surface area contributed by atoms with E-state index in [1.165, 1.54) is 5.56 Å². The van der Waals surface area contributed by atoms with Crippen molar-refractivity contribution in [1.29, 1.82) is 0 Å². The molecule has 2 aliphatic rings. The average Bonchev–Trinajstić information content (AvgIpc) is 3.21. The van der Waals surface area contributed by atoms with Crippen LogP contribution in [0.5, 0.6) is 0 Å². The first-order chi connectivity index (χ1) is 9.18. The third-order valence-electron chi connectivity index (χ3n) is 3.92. The Bertz CT molecular complexity index is 524. The van der Waals surface area contributed by atoms with Gasteiger partial charge in [-0.3, -0.25) is 0 Å². The fourth-order valence-corrected chi connectivity index (χ4v) is 4.57. The van der Waals surface area contributed by atoms with Crippen LogP contribution in [0.2, 0.25) is 0 Å². The first kappa shape index (κ1) is 13.1. The molecule has 0 aliphatic carbocycles. The maximum atomic E-state index is 12.4. The highest BCUT2D eigenvalue weighted by molar-refractivity contribution is 7.87. The smallest absolute Gasteiger partial charge is 0.195 e. The number of hydrogen-bond donors (Lipinski definition) is 0. The average molecular weight is 280 g/mol. The number of hydrogen-bond acceptors (Lipinski definition) is 2. The summed E-state index contributed by atoms with van der Waals surface area (Å²) < 4.78 is 28.1. The van der Waals surface area contributed by atoms with Gasteiger partial charge in [0.15, 0.2) is 0 Å². The van der Waals surface area contributed by atoms with E-state index in [0.717, 1.165) is 25.7 Å². The van der Waals surface area contributed by atoms with Gasteiger partial charge in [0.1, 0.15) is 0 Å². The molecule has 0 bridgehead atoms. The van der Waals surface area contributed by atoms with Crippen LogP contribution in [0.25, 0.3) is 0 Å². The Hall–Kier alpha value is -0.910. The van der Waals surface area contributed by atoms with Crippen LogP contribution in [-0.2, 0) is 16.6 Å². The van der Waals surface area contributed by atoms with E-state index in [1.807, 2.05) is 18.2 Å². The molecule has 1 aromatic rings. The minimum atomic E-state index is -3.19. The maximum absolute atomic E-state index is 12.4. The van der Waals surface area contributed by atoms with Gasteiger partial charge in [0, 0.05) is 25.7 Å². The second-order valence-corrected chi connectivity index (χ2v) is 7.26. The van der Waals surface area contributed by atoms with Crippen LogP contribution < -0.4 is 0 Å². The fraction of sp³-hybridized carbons (Fsp3) is 0.571. The van der Waals surface area contributed by atoms with Crippen LogP contribution in [0.4, 0.5) is 0 Å². The van der Waals surface area contributed by atoms with E-state index >= 15 is 0 Å². The van der Waals surface area contributed by atoms with Crippen molar-refractivity contribution in [2.45, 2.75) is 31.7 Å². The van der Waals surface area contributed by atoms with Crippen LogP contribution in [-0.4, -0.2) is 42.7 Å². The Morgan fingerprint density at radius 1 is 1.05 bits per heavy atom. The second-order valence-electron chi connectivity index (χ2n) is 5.38. The molecule has 5 heteroatoms. The number of nitrogens with zero attached hydrogens (tertiary/aromatic N) is 2. The zero-order chi connectivity index (χ0) is 13.3. The van der Waals surface area contributed by atoms with Crippen molar-refractivity contribution in [3.63, 3.8) is 0 Å². The highest BCUT2D eigenvalue weighted by Gasteiger charge is 2.46. The molecule has 4 nitrogen and oxygen atoms in total. The molecule has 3 rings (SSSR count). The van der Waals surface area contributed by atoms with Crippen LogP contribution in [0.1, 0.15) is 24.8 Å². The van der Waals surface area contributed by atoms with E-state index in [1.54, 1.807) is 8.61 Å². The van der Waals surface area contributed by atoms with E-state index < -0.39 is 10.2 Å². The predicted molar refractivity (Wildman–Crippen MR) is 75.0 cm³/mol. The summed E-state index contributed by atoms with van der Waals surface area (Å²) in [6.45, 7) is 2.06. The van der Waals surface area contributed by atoms with Gasteiger partial charge in [0.05, 0.1) is 0 Å². The van der Waals surface area contributed by atoms with Gasteiger partial charge in [-0.1, -0.05) is 36.8 Å². The van der Waals surface area contributed by atoms with Gasteiger partial charge in [-0.25, -0.2) is 0 Å². The lowest BCUT2D eigenvalue weighted by Crippen LogP contribution is -2.40. The summed E-state index contributed by atoms with van der Waals surface area (Å²) >= 11 is 0. The van der Waals surface area contributed by atoms with Gasteiger partial charge in [0.25, 0.3) is 10.2 Å². The molecular formula is C14H20N2O2S. The molecule has 2 heterocycles. The molecule has 2 saturated heterocycles. The lowest BCUT2D eigenvalue weighted by molar-refractivity contribution is 0.332. The third kappa shape index (κ3) is 2.83. The Morgan fingerprint density at radius 2 is 1.74 bits per heavy atom. The van der Waals surface area contributed by atoms with Crippen molar-refractivity contribution in [3.05, 3.63) is 35.9 Å². The molecule has 0 saturated carbocycles. The van der Waals surface area contributed by atoms with Crippen molar-refractivity contribution >= 4 is 10.2 Å². The highest BCUT2D eigenvalue weighted by atomic mass is 32.2. The van der Waals surface area contributed by atoms with Crippen molar-refractivity contribution in [3.8, 4) is 0 Å². The van der Waals surface area contributed by atoms with E-state index in [0.29, 0.717) is 19.6 Å². The molecule has 0 spiro atoms. The lowest BCUT2D eigenvalue weighted by atomic mass is 10.1. The van der Waals surface area contributed by atoms with Crippen LogP contribution in [0.3, 0.4) is 0 Å². The summed E-state index contributed by atoms with van der Waals surface area (Å²) in [6.07, 6.45) is 3.97. The minimum absolute atomic E-state index is 0.161. The SMILES string of the molecule is O=S(=O)(N1CCCCC1)N1C[C@@H]1Cc1ccccc1. The lowest BCUT2D eigenvalue weighted by Gasteiger charge is -2.26. The van der Waals surface area contributed by atoms with Crippen molar-refractivity contribution in [2.24, 2.45) is 0 Å². The molecule has 2 fully saturated rings. The maximum Gasteiger partial charge on any atom is 0.282 e. The van der Waals surface area contributed by atoms with Gasteiger partial charge in [-0.05, 0) is 24.8 Å². The van der Waals surface area contributed by atoms with Gasteiger partial charge < -0.3 is 0 Å². The predicted octanol–water partition coefficient (Wildman–Crippen LogP) is 1.64. The molecule has 104 valence electrons. The van der Waals surface area contributed by atoms with E-state index in [2.05, 4.69) is 12.1 Å². The van der Waals surface area contributed by atoms with Crippen LogP contribution >= 0.6 is 0 Å². The monoisotopic (exact) mass is 280 g/mol. The Labute approximate surface area is 115 Å². The van der Waals surface area contributed by atoms with Crippen LogP contribution in [0, 0.1) is 0 Å². The summed E-state index contributed by atoms with van der Waals surface area (Å²) in [5.41, 5.74) is 1.21. The normalized spacial score (nSPS) is 28.2. The Balaban J connectivity index is 1.62. The van der Waals surface area contributed by atoms with Crippen LogP contribution in [0.15, 0.2) is 30.3 Å². The van der Waals surface area contributed by atoms with Gasteiger partial charge >= 0.3 is 0 Å². The Kier molecular flexibility index (Phi) is 3.60. The molecule has 0 amide bonds. The quantitative estimate of drug-likeness (QED) is 0.787. The van der Waals surface area contributed by atoms with Gasteiger partial charge in [-0.2, -0.15) is 17.0 Å². The molecule has 0 N–H and O–H groups in total. The fourth-order valence-electron chi connectivity index (χ4n) is 2.74. The molecule has 2 atom stereocenters. The zero-order valence-corrected chi connectivity index (χ0v) is 11.8. The molecule has 1 aromatic carbocycles. The van der Waals surface area contributed by atoms with E-state index in [9.17, 15) is 8.42 Å². The van der Waals surface area contributed by atoms with Crippen molar-refractivity contribution in [2.75, 3.05) is 19.6 Å². The minimum Gasteiger partial charge on any atom is -0.195 e. The van der Waals surface area contributed by atoms with E-state index in [-0.39, 0.29) is 6.04 Å². The van der Waals surface area contributed by atoms with Crippen molar-refractivity contribution in [1.82, 2.24) is 8.61 Å². The summed E-state index contributed by atoms with van der Waals surface area (Å²) in [5, 5.41) is 0. The molecule has 0 radical (unpaired) electrons. The summed E-state index contributed by atoms with van der Waals surface area (Å²) in [4.78, 5) is 0. The molecule has 2 aliphatic heterocycles. The molecule has 0 aromatic heterocycles. The Morgan fingerprint density at radius 3 is 2.42 bits per heavy atom. The number of benzene rings is 1. The first-order valence-corrected chi connectivity index (χ1v) is 8.38. The second kappa shape index (κ2) is 5.23. The third-order valence-corrected chi connectivity index (χ3v) is 5.97. The van der Waals surface area contributed by atoms with Crippen molar-refractivity contribution < 1.29 is 8.42 Å². The summed E-state index contributed by atoms with van der Waals surface area (Å²) in [5.74, 6) is 0. The molecule has 1 unspecified atom stereocenters. The zero-order valence-electron chi connectivity index (χ0n) is 11.0. The number of rotatable bonds is 4. The summed E-state index contributed by atoms with van der Waals surface area (Å²) in [6, 6.07) is 10.3. The van der Waals surface area contributed by atoms with Gasteiger partial charge in [-0.15, -0.1) is 0 Å². The standard InChI is InChI=1S/C14H20N2O2S/c17-19(18,15-9-5-2-6-10-15)16-12-14(16)11-13-7-3-1-4-8-13/h1,3-4,7-8,14H,2,5-6,9-12H2/t14-,16?/m0/s1. The van der Waals surface area contributed by atoms with Gasteiger partial charge in [0.2, 0.25) is 0 Å². The topological polar surface area (TPSA) is 40.4 Å². The first-order valence-electron chi connectivity index (χ1n) is 6.99. The molecular weight excluding hydrogens is 260 g/mol. The highest BCUT2D eigenvalue weighted by Crippen LogP contribution is 2.29. The summed E-state index contributed by atoms with van der Waals surface area (Å²) in [7, 11) is -3.19. The number of piperidine rings is 1.